The van der Waals surface area contributed by atoms with Crippen LogP contribution in [0.15, 0.2) is 146 Å². The lowest BCUT2D eigenvalue weighted by atomic mass is 9.80. The maximum absolute atomic E-state index is 16.5. The molecule has 1 unspecified atom stereocenters. The molecular formula is C60H70N7O12P. The first kappa shape index (κ1) is 57.6. The maximum atomic E-state index is 16.5. The Labute approximate surface area is 467 Å². The predicted octanol–water partition coefficient (Wildman–Crippen LogP) is 9.98. The molecule has 0 bridgehead atoms. The smallest absolute Gasteiger partial charge is 0.409 e. The topological polar surface area (TPSA) is 196 Å². The summed E-state index contributed by atoms with van der Waals surface area (Å²) in [7, 11) is 1.92. The second kappa shape index (κ2) is 26.0. The maximum Gasteiger partial charge on any atom is 0.409 e. The lowest BCUT2D eigenvalue weighted by Crippen LogP contribution is -2.45. The molecule has 6 atom stereocenters. The first-order valence-electron chi connectivity index (χ1n) is 26.8. The third-order valence-electron chi connectivity index (χ3n) is 14.4. The number of benzene rings is 5. The molecule has 0 saturated carbocycles. The van der Waals surface area contributed by atoms with E-state index in [1.165, 1.54) is 12.7 Å². The zero-order valence-corrected chi connectivity index (χ0v) is 47.3. The Bertz CT molecular complexity index is 3130. The summed E-state index contributed by atoms with van der Waals surface area (Å²) in [5.74, 6) is 1.54. The molecule has 2 aliphatic rings. The van der Waals surface area contributed by atoms with Gasteiger partial charge in [-0.3, -0.25) is 23.2 Å². The molecule has 0 spiro atoms. The quantitative estimate of drug-likeness (QED) is 0.0322. The van der Waals surface area contributed by atoms with Crippen molar-refractivity contribution < 1.29 is 56.4 Å². The molecule has 2 saturated heterocycles. The predicted molar refractivity (Wildman–Crippen MR) is 301 cm³/mol. The minimum atomic E-state index is -4.45. The number of anilines is 1. The Morgan fingerprint density at radius 1 is 0.713 bits per heavy atom. The van der Waals surface area contributed by atoms with Crippen molar-refractivity contribution in [1.29, 1.82) is 0 Å². The average molecular weight is 1110 g/mol. The molecular weight excluding hydrogens is 1040 g/mol. The standard InChI is InChI=1S/C60H70N7O12P/c1-40(2)67(41(3)4)80(70,77-36-47-20-15-33-65(47)58(69)43-21-27-48(72-6)28-22-43)79-53-51(37-76-60(44-18-13-10-14-19-44,45-23-29-49(73-7)30-24-45)46-25-31-50(74-8)32-26-46)78-59(54(53)75-35-34-71-5)66-39-63-52-55(61-38-62-56(52)66)64-57(68)42-16-11-9-12-17-42/h9-14,16-19,21-32,38-41,47,51,53-54,59H,15,20,33-37H2,1-8H3,(H,61,62,64,68)/t47-,51-,53-,54-,59-,80?/m1/s1. The van der Waals surface area contributed by atoms with E-state index in [0.717, 1.165) is 23.1 Å². The van der Waals surface area contributed by atoms with Gasteiger partial charge in [-0.15, -0.1) is 0 Å². The number of amides is 2. The van der Waals surface area contributed by atoms with Crippen LogP contribution >= 0.6 is 7.75 Å². The number of hydrogen-bond acceptors (Lipinski definition) is 15. The third kappa shape index (κ3) is 12.3. The summed E-state index contributed by atoms with van der Waals surface area (Å²) < 4.78 is 77.7. The fraction of sp³-hybridized carbons (Fsp3) is 0.383. The highest BCUT2D eigenvalue weighted by atomic mass is 31.2. The number of methoxy groups -OCH3 is 4. The van der Waals surface area contributed by atoms with Gasteiger partial charge in [-0.25, -0.2) is 24.2 Å². The van der Waals surface area contributed by atoms with Gasteiger partial charge in [0.1, 0.15) is 47.5 Å². The molecule has 2 aromatic heterocycles. The monoisotopic (exact) mass is 1110 g/mol. The Balaban J connectivity index is 1.16. The van der Waals surface area contributed by atoms with Crippen LogP contribution in [0.4, 0.5) is 5.82 Å². The van der Waals surface area contributed by atoms with Crippen LogP contribution in [0.5, 0.6) is 17.2 Å². The zero-order valence-electron chi connectivity index (χ0n) is 46.4. The molecule has 19 nitrogen and oxygen atoms in total. The van der Waals surface area contributed by atoms with Gasteiger partial charge in [0.15, 0.2) is 23.2 Å². The minimum Gasteiger partial charge on any atom is -0.497 e. The van der Waals surface area contributed by atoms with Crippen LogP contribution in [0.1, 0.15) is 84.2 Å². The van der Waals surface area contributed by atoms with E-state index in [2.05, 4.69) is 15.3 Å². The lowest BCUT2D eigenvalue weighted by molar-refractivity contribution is -0.0969. The molecule has 422 valence electrons. The number of likely N-dealkylation sites (tertiary alicyclic amines) is 1. The number of carbonyl (C=O) groups is 2. The molecule has 5 aromatic carbocycles. The Morgan fingerprint density at radius 3 is 1.89 bits per heavy atom. The van der Waals surface area contributed by atoms with E-state index in [1.807, 2.05) is 113 Å². The normalized spacial score (nSPS) is 19.2. The molecule has 2 fully saturated rings. The lowest BCUT2D eigenvalue weighted by Gasteiger charge is -2.40. The number of hydrogen-bond donors (Lipinski definition) is 1. The first-order chi connectivity index (χ1) is 38.8. The van der Waals surface area contributed by atoms with Crippen LogP contribution in [0.3, 0.4) is 0 Å². The molecule has 2 amide bonds. The first-order valence-corrected chi connectivity index (χ1v) is 28.3. The van der Waals surface area contributed by atoms with Crippen LogP contribution < -0.4 is 19.5 Å². The summed E-state index contributed by atoms with van der Waals surface area (Å²) in [6, 6.07) is 39.8. The van der Waals surface area contributed by atoms with Crippen molar-refractivity contribution in [3.05, 3.63) is 174 Å². The highest BCUT2D eigenvalue weighted by Crippen LogP contribution is 2.58. The van der Waals surface area contributed by atoms with Gasteiger partial charge in [0.2, 0.25) is 0 Å². The van der Waals surface area contributed by atoms with E-state index in [4.69, 9.17) is 47.2 Å². The van der Waals surface area contributed by atoms with Crippen molar-refractivity contribution in [3.63, 3.8) is 0 Å². The molecule has 7 aromatic rings. The number of aromatic nitrogens is 4. The summed E-state index contributed by atoms with van der Waals surface area (Å²) in [5.41, 5.74) is 2.51. The van der Waals surface area contributed by atoms with Crippen molar-refractivity contribution in [2.24, 2.45) is 0 Å². The second-order valence-corrected chi connectivity index (χ2v) is 21.9. The zero-order chi connectivity index (χ0) is 56.4. The second-order valence-electron chi connectivity index (χ2n) is 20.0. The van der Waals surface area contributed by atoms with Gasteiger partial charge in [-0.05, 0) is 118 Å². The van der Waals surface area contributed by atoms with E-state index in [1.54, 1.807) is 91.1 Å². The van der Waals surface area contributed by atoms with Gasteiger partial charge >= 0.3 is 7.75 Å². The number of fused-ring (bicyclic) bond motifs is 1. The van der Waals surface area contributed by atoms with Crippen LogP contribution in [0, 0.1) is 0 Å². The summed E-state index contributed by atoms with van der Waals surface area (Å²) in [4.78, 5) is 43.3. The minimum absolute atomic E-state index is 0.0633. The van der Waals surface area contributed by atoms with E-state index in [-0.39, 0.29) is 61.7 Å². The van der Waals surface area contributed by atoms with Gasteiger partial charge in [0.05, 0.1) is 60.1 Å². The fourth-order valence-electron chi connectivity index (χ4n) is 10.6. The average Bonchev–Trinajstić information content (AvgIpc) is 4.24. The molecule has 80 heavy (non-hydrogen) atoms. The summed E-state index contributed by atoms with van der Waals surface area (Å²) in [6.07, 6.45) is -0.222. The molecule has 0 radical (unpaired) electrons. The highest BCUT2D eigenvalue weighted by molar-refractivity contribution is 7.51. The van der Waals surface area contributed by atoms with Crippen molar-refractivity contribution in [2.45, 2.75) is 88.8 Å². The molecule has 2 aliphatic heterocycles. The number of rotatable bonds is 25. The molecule has 20 heteroatoms. The number of carbonyl (C=O) groups excluding carboxylic acids is 2. The van der Waals surface area contributed by atoms with Gasteiger partial charge in [0, 0.05) is 36.9 Å². The summed E-state index contributed by atoms with van der Waals surface area (Å²) >= 11 is 0. The van der Waals surface area contributed by atoms with Crippen molar-refractivity contribution >= 4 is 36.5 Å². The number of ether oxygens (including phenoxy) is 7. The van der Waals surface area contributed by atoms with Crippen LogP contribution in [0.25, 0.3) is 11.2 Å². The Morgan fingerprint density at radius 2 is 1.30 bits per heavy atom. The fourth-order valence-corrected chi connectivity index (χ4v) is 13.0. The Hall–Kier alpha value is -7.06. The van der Waals surface area contributed by atoms with E-state index >= 15 is 4.57 Å². The van der Waals surface area contributed by atoms with Gasteiger partial charge in [-0.2, -0.15) is 0 Å². The number of imidazole rings is 1. The number of nitrogens with zero attached hydrogens (tertiary/aromatic N) is 6. The van der Waals surface area contributed by atoms with Gasteiger partial charge in [-0.1, -0.05) is 72.8 Å². The summed E-state index contributed by atoms with van der Waals surface area (Å²) in [6.45, 7) is 8.16. The van der Waals surface area contributed by atoms with Crippen molar-refractivity contribution in [1.82, 2.24) is 29.1 Å². The van der Waals surface area contributed by atoms with E-state index in [9.17, 15) is 9.59 Å². The third-order valence-corrected chi connectivity index (χ3v) is 16.9. The van der Waals surface area contributed by atoms with Crippen LogP contribution in [-0.2, 0) is 38.2 Å². The Kier molecular flexibility index (Phi) is 18.7. The van der Waals surface area contributed by atoms with Gasteiger partial charge < -0.3 is 43.4 Å². The van der Waals surface area contributed by atoms with E-state index in [0.29, 0.717) is 47.0 Å². The van der Waals surface area contributed by atoms with Gasteiger partial charge in [0.25, 0.3) is 11.8 Å². The molecule has 4 heterocycles. The molecule has 9 rings (SSSR count). The van der Waals surface area contributed by atoms with E-state index < -0.39 is 43.9 Å². The highest BCUT2D eigenvalue weighted by Gasteiger charge is 2.54. The largest absolute Gasteiger partial charge is 0.497 e. The molecule has 1 N–H and O–H groups in total. The van der Waals surface area contributed by atoms with Crippen molar-refractivity contribution in [3.8, 4) is 17.2 Å². The van der Waals surface area contributed by atoms with Crippen LogP contribution in [-0.4, -0.2) is 139 Å². The summed E-state index contributed by atoms with van der Waals surface area (Å²) in [5, 5.41) is 2.90. The van der Waals surface area contributed by atoms with Crippen molar-refractivity contribution in [2.75, 3.05) is 66.7 Å². The SMILES string of the molecule is COCCO[C@@H]1[C@H](OP(=O)(OC[C@H]2CCCN2C(=O)c2ccc(OC)cc2)N(C(C)C)C(C)C)[C@@H](COC(c2ccccc2)(c2ccc(OC)cc2)c2ccc(OC)cc2)O[C@H]1n1cnc2c(NC(=O)c3ccccc3)ncnc21. The number of nitrogens with one attached hydrogen (secondary N) is 1. The molecule has 0 aliphatic carbocycles. The van der Waals surface area contributed by atoms with Crippen LogP contribution in [0.2, 0.25) is 0 Å².